The number of Topliss-reactive ketones (excluding diaryl/α,β-unsaturated/α-hetero) is 1. The summed E-state index contributed by atoms with van der Waals surface area (Å²) in [5, 5.41) is 8.42. The van der Waals surface area contributed by atoms with Gasteiger partial charge < -0.3 is 16.0 Å². The largest absolute Gasteiger partial charge is 0.374 e. The molecule has 3 N–H and O–H groups in total. The average molecular weight is 339 g/mol. The quantitative estimate of drug-likeness (QED) is 0.706. The summed E-state index contributed by atoms with van der Waals surface area (Å²) in [6, 6.07) is 13.1. The van der Waals surface area contributed by atoms with Crippen molar-refractivity contribution in [1.29, 1.82) is 0 Å². The zero-order valence-corrected chi connectivity index (χ0v) is 14.4. The number of hydrogen-bond acceptors (Lipinski definition) is 4. The van der Waals surface area contributed by atoms with Gasteiger partial charge in [-0.05, 0) is 62.4 Å². The highest BCUT2D eigenvalue weighted by atomic mass is 16.2. The van der Waals surface area contributed by atoms with Crippen molar-refractivity contribution >= 4 is 29.0 Å². The molecule has 0 saturated carbocycles. The Morgan fingerprint density at radius 1 is 0.840 bits per heavy atom. The summed E-state index contributed by atoms with van der Waals surface area (Å²) in [6.07, 6.45) is 0. The van der Waals surface area contributed by atoms with E-state index in [9.17, 15) is 14.4 Å². The van der Waals surface area contributed by atoms with Gasteiger partial charge in [-0.3, -0.25) is 14.4 Å². The van der Waals surface area contributed by atoms with Crippen LogP contribution < -0.4 is 16.0 Å². The Balaban J connectivity index is 1.95. The lowest BCUT2D eigenvalue weighted by Gasteiger charge is -2.15. The Morgan fingerprint density at radius 2 is 1.36 bits per heavy atom. The van der Waals surface area contributed by atoms with Crippen molar-refractivity contribution in [3.63, 3.8) is 0 Å². The number of benzene rings is 2. The number of hydrogen-bond donors (Lipinski definition) is 3. The SMILES string of the molecule is CNC(=O)c1ccc(N[C@@H](C)C(=O)Nc2ccc(C(C)=O)cc2)cc1. The Bertz CT molecular complexity index is 768. The highest BCUT2D eigenvalue weighted by Crippen LogP contribution is 2.13. The zero-order chi connectivity index (χ0) is 18.4. The molecule has 2 aromatic carbocycles. The second-order valence-electron chi connectivity index (χ2n) is 5.65. The highest BCUT2D eigenvalue weighted by Gasteiger charge is 2.13. The van der Waals surface area contributed by atoms with Crippen molar-refractivity contribution in [2.24, 2.45) is 0 Å². The molecule has 130 valence electrons. The summed E-state index contributed by atoms with van der Waals surface area (Å²) >= 11 is 0. The molecule has 2 amide bonds. The van der Waals surface area contributed by atoms with Gasteiger partial charge in [-0.1, -0.05) is 0 Å². The molecule has 2 aromatic rings. The van der Waals surface area contributed by atoms with Gasteiger partial charge in [-0.15, -0.1) is 0 Å². The minimum Gasteiger partial charge on any atom is -0.374 e. The molecule has 0 heterocycles. The highest BCUT2D eigenvalue weighted by molar-refractivity contribution is 5.98. The van der Waals surface area contributed by atoms with Gasteiger partial charge in [0.25, 0.3) is 5.91 Å². The molecule has 25 heavy (non-hydrogen) atoms. The van der Waals surface area contributed by atoms with Crippen LogP contribution >= 0.6 is 0 Å². The molecule has 0 aliphatic carbocycles. The molecule has 6 nitrogen and oxygen atoms in total. The van der Waals surface area contributed by atoms with Crippen LogP contribution in [-0.2, 0) is 4.79 Å². The van der Waals surface area contributed by atoms with E-state index in [1.54, 1.807) is 62.5 Å². The molecule has 0 aliphatic rings. The van der Waals surface area contributed by atoms with Crippen molar-refractivity contribution in [2.45, 2.75) is 19.9 Å². The van der Waals surface area contributed by atoms with Crippen LogP contribution in [0.2, 0.25) is 0 Å². The summed E-state index contributed by atoms with van der Waals surface area (Å²) in [7, 11) is 1.57. The summed E-state index contributed by atoms with van der Waals surface area (Å²) in [4.78, 5) is 35.0. The van der Waals surface area contributed by atoms with Crippen LogP contribution in [0.3, 0.4) is 0 Å². The lowest BCUT2D eigenvalue weighted by molar-refractivity contribution is -0.116. The fourth-order valence-corrected chi connectivity index (χ4v) is 2.22. The molecular weight excluding hydrogens is 318 g/mol. The first-order valence-electron chi connectivity index (χ1n) is 7.91. The number of rotatable bonds is 6. The van der Waals surface area contributed by atoms with Crippen LogP contribution in [0.15, 0.2) is 48.5 Å². The third-order valence-electron chi connectivity index (χ3n) is 3.71. The summed E-state index contributed by atoms with van der Waals surface area (Å²) in [5.41, 5.74) is 2.51. The molecule has 0 aromatic heterocycles. The average Bonchev–Trinajstić information content (AvgIpc) is 2.62. The van der Waals surface area contributed by atoms with E-state index < -0.39 is 6.04 Å². The number of anilines is 2. The number of ketones is 1. The monoisotopic (exact) mass is 339 g/mol. The van der Waals surface area contributed by atoms with Gasteiger partial charge >= 0.3 is 0 Å². The first-order valence-corrected chi connectivity index (χ1v) is 7.91. The molecule has 0 spiro atoms. The minimum atomic E-state index is -0.474. The van der Waals surface area contributed by atoms with Crippen molar-refractivity contribution in [2.75, 3.05) is 17.7 Å². The first-order chi connectivity index (χ1) is 11.9. The summed E-state index contributed by atoms with van der Waals surface area (Å²) in [6.45, 7) is 3.24. The topological polar surface area (TPSA) is 87.3 Å². The predicted octanol–water partition coefficient (Wildman–Crippen LogP) is 2.69. The number of carbonyl (C=O) groups is 3. The van der Waals surface area contributed by atoms with Crippen LogP contribution in [0.4, 0.5) is 11.4 Å². The maximum Gasteiger partial charge on any atom is 0.251 e. The van der Waals surface area contributed by atoms with Gasteiger partial charge in [0.15, 0.2) is 5.78 Å². The Labute approximate surface area is 146 Å². The Kier molecular flexibility index (Phi) is 5.89. The third kappa shape index (κ3) is 4.91. The molecule has 0 radical (unpaired) electrons. The summed E-state index contributed by atoms with van der Waals surface area (Å²) in [5.74, 6) is -0.384. The van der Waals surface area contributed by atoms with Crippen LogP contribution in [0.1, 0.15) is 34.6 Å². The predicted molar refractivity (Wildman–Crippen MR) is 98.0 cm³/mol. The Morgan fingerprint density at radius 3 is 1.88 bits per heavy atom. The molecule has 1 atom stereocenters. The van der Waals surface area contributed by atoms with E-state index in [2.05, 4.69) is 16.0 Å². The van der Waals surface area contributed by atoms with Crippen molar-refractivity contribution in [3.8, 4) is 0 Å². The standard InChI is InChI=1S/C19H21N3O3/c1-12(21-16-10-6-15(7-11-16)19(25)20-3)18(24)22-17-8-4-14(5-9-17)13(2)23/h4-12,21H,1-3H3,(H,20,25)(H,22,24)/t12-/m0/s1. The number of amides is 2. The van der Waals surface area contributed by atoms with Crippen molar-refractivity contribution in [1.82, 2.24) is 5.32 Å². The number of carbonyl (C=O) groups excluding carboxylic acids is 3. The van der Waals surface area contributed by atoms with E-state index in [0.29, 0.717) is 16.8 Å². The van der Waals surface area contributed by atoms with Gasteiger partial charge in [-0.2, -0.15) is 0 Å². The molecule has 0 unspecified atom stereocenters. The zero-order valence-electron chi connectivity index (χ0n) is 14.4. The van der Waals surface area contributed by atoms with Gasteiger partial charge in [0.2, 0.25) is 5.91 Å². The van der Waals surface area contributed by atoms with Gasteiger partial charge in [0, 0.05) is 29.5 Å². The van der Waals surface area contributed by atoms with Crippen molar-refractivity contribution in [3.05, 3.63) is 59.7 Å². The lowest BCUT2D eigenvalue weighted by atomic mass is 10.1. The third-order valence-corrected chi connectivity index (χ3v) is 3.71. The molecule has 0 bridgehead atoms. The van der Waals surface area contributed by atoms with Crippen LogP contribution in [0.25, 0.3) is 0 Å². The van der Waals surface area contributed by atoms with E-state index >= 15 is 0 Å². The smallest absolute Gasteiger partial charge is 0.251 e. The first kappa shape index (κ1) is 18.2. The van der Waals surface area contributed by atoms with Crippen LogP contribution in [0.5, 0.6) is 0 Å². The second-order valence-corrected chi connectivity index (χ2v) is 5.65. The molecule has 2 rings (SSSR count). The molecule has 6 heteroatoms. The van der Waals surface area contributed by atoms with E-state index in [1.165, 1.54) is 6.92 Å². The van der Waals surface area contributed by atoms with Crippen LogP contribution in [-0.4, -0.2) is 30.7 Å². The maximum atomic E-state index is 12.3. The van der Waals surface area contributed by atoms with Crippen LogP contribution in [0, 0.1) is 0 Å². The Hall–Kier alpha value is -3.15. The molecule has 0 saturated heterocycles. The van der Waals surface area contributed by atoms with Gasteiger partial charge in [0.05, 0.1) is 0 Å². The van der Waals surface area contributed by atoms with E-state index in [-0.39, 0.29) is 17.6 Å². The van der Waals surface area contributed by atoms with E-state index in [4.69, 9.17) is 0 Å². The molecular formula is C19H21N3O3. The number of nitrogens with one attached hydrogen (secondary N) is 3. The van der Waals surface area contributed by atoms with E-state index in [0.717, 1.165) is 5.69 Å². The molecule has 0 fully saturated rings. The van der Waals surface area contributed by atoms with Gasteiger partial charge in [0.1, 0.15) is 6.04 Å². The fourth-order valence-electron chi connectivity index (χ4n) is 2.22. The maximum absolute atomic E-state index is 12.3. The van der Waals surface area contributed by atoms with E-state index in [1.807, 2.05) is 0 Å². The normalized spacial score (nSPS) is 11.3. The lowest BCUT2D eigenvalue weighted by Crippen LogP contribution is -2.31. The molecule has 0 aliphatic heterocycles. The van der Waals surface area contributed by atoms with Gasteiger partial charge in [-0.25, -0.2) is 0 Å². The second kappa shape index (κ2) is 8.10. The minimum absolute atomic E-state index is 0.0203. The van der Waals surface area contributed by atoms with Crippen molar-refractivity contribution < 1.29 is 14.4 Å². The fraction of sp³-hybridized carbons (Fsp3) is 0.211. The summed E-state index contributed by atoms with van der Waals surface area (Å²) < 4.78 is 0.